The Balaban J connectivity index is 2.64. The average molecular weight is 166 g/mol. The fourth-order valence-electron chi connectivity index (χ4n) is 1.33. The maximum absolute atomic E-state index is 12.4. The maximum Gasteiger partial charge on any atom is 0.484 e. The largest absolute Gasteiger partial charge is 0.484 e. The van der Waals surface area contributed by atoms with Crippen molar-refractivity contribution in [3.8, 4) is 0 Å². The van der Waals surface area contributed by atoms with Crippen molar-refractivity contribution in [2.45, 2.75) is 25.1 Å². The van der Waals surface area contributed by atoms with E-state index in [-0.39, 0.29) is 12.8 Å². The lowest BCUT2D eigenvalue weighted by Gasteiger charge is -2.41. The molecule has 1 heterocycles. The van der Waals surface area contributed by atoms with E-state index in [1.54, 1.807) is 0 Å². The second-order valence-electron chi connectivity index (χ2n) is 3.48. The molecule has 0 radical (unpaired) electrons. The van der Waals surface area contributed by atoms with Crippen molar-refractivity contribution in [2.75, 3.05) is 13.1 Å². The van der Waals surface area contributed by atoms with Gasteiger partial charge in [-0.15, -0.1) is 0 Å². The molecule has 1 N–H and O–H groups in total. The summed E-state index contributed by atoms with van der Waals surface area (Å²) in [6.07, 6.45) is 0.465. The summed E-state index contributed by atoms with van der Waals surface area (Å²) in [6.45, 7) is -2.33. The molecule has 0 spiro atoms. The van der Waals surface area contributed by atoms with Gasteiger partial charge >= 0.3 is 6.98 Å². The zero-order chi connectivity index (χ0) is 8.54. The van der Waals surface area contributed by atoms with Crippen LogP contribution in [0.2, 0.25) is 5.31 Å². The van der Waals surface area contributed by atoms with Crippen molar-refractivity contribution in [1.29, 1.82) is 0 Å². The first-order valence-corrected chi connectivity index (χ1v) is 3.86. The summed E-state index contributed by atoms with van der Waals surface area (Å²) in [7, 11) is 0. The fraction of sp³-hybridized carbons (Fsp3) is 1.00. The van der Waals surface area contributed by atoms with E-state index >= 15 is 0 Å². The van der Waals surface area contributed by atoms with Crippen LogP contribution in [0, 0.1) is 0 Å². The van der Waals surface area contributed by atoms with Gasteiger partial charge in [0.25, 0.3) is 0 Å². The van der Waals surface area contributed by atoms with Crippen molar-refractivity contribution in [3.63, 3.8) is 0 Å². The van der Waals surface area contributed by atoms with Crippen LogP contribution in [0.3, 0.4) is 0 Å². The number of nitrogens with one attached hydrogen (secondary N) is 1. The predicted molar refractivity (Wildman–Crippen MR) is 39.5 cm³/mol. The first-order chi connectivity index (χ1) is 4.96. The zero-order valence-electron chi connectivity index (χ0n) is 6.54. The SMILES string of the molecule is CC1([B-](F)(F)F)CCNCC1. The van der Waals surface area contributed by atoms with Crippen LogP contribution in [-0.2, 0) is 0 Å². The predicted octanol–water partition coefficient (Wildman–Crippen LogP) is 1.98. The Kier molecular flexibility index (Phi) is 2.18. The third kappa shape index (κ3) is 1.69. The molecule has 0 aromatic heterocycles. The number of piperidine rings is 1. The summed E-state index contributed by atoms with van der Waals surface area (Å²) in [4.78, 5) is 0. The molecule has 0 unspecified atom stereocenters. The Morgan fingerprint density at radius 3 is 1.91 bits per heavy atom. The van der Waals surface area contributed by atoms with E-state index in [4.69, 9.17) is 0 Å². The Labute approximate surface area is 64.4 Å². The van der Waals surface area contributed by atoms with Crippen LogP contribution < -0.4 is 5.32 Å². The van der Waals surface area contributed by atoms with E-state index in [2.05, 4.69) is 5.32 Å². The van der Waals surface area contributed by atoms with Crippen LogP contribution >= 0.6 is 0 Å². The topological polar surface area (TPSA) is 12.0 Å². The molecule has 0 amide bonds. The highest BCUT2D eigenvalue weighted by atomic mass is 19.4. The van der Waals surface area contributed by atoms with Gasteiger partial charge in [0, 0.05) is 0 Å². The van der Waals surface area contributed by atoms with Crippen LogP contribution in [0.1, 0.15) is 19.8 Å². The highest BCUT2D eigenvalue weighted by Gasteiger charge is 2.45. The molecule has 1 fully saturated rings. The third-order valence-electron chi connectivity index (χ3n) is 2.54. The quantitative estimate of drug-likeness (QED) is 0.587. The van der Waals surface area contributed by atoms with E-state index in [9.17, 15) is 12.9 Å². The first kappa shape index (κ1) is 8.91. The molecule has 11 heavy (non-hydrogen) atoms. The normalized spacial score (nSPS) is 25.1. The minimum atomic E-state index is -4.66. The molecule has 1 nitrogen and oxygen atoms in total. The molecule has 0 atom stereocenters. The van der Waals surface area contributed by atoms with E-state index in [0.717, 1.165) is 0 Å². The molecule has 1 saturated heterocycles. The monoisotopic (exact) mass is 166 g/mol. The van der Waals surface area contributed by atoms with Crippen LogP contribution in [0.5, 0.6) is 0 Å². The fourth-order valence-corrected chi connectivity index (χ4v) is 1.33. The Hall–Kier alpha value is -0.185. The molecule has 66 valence electrons. The lowest BCUT2D eigenvalue weighted by molar-refractivity contribution is 0.304. The Morgan fingerprint density at radius 1 is 1.18 bits per heavy atom. The molecule has 0 aromatic rings. The van der Waals surface area contributed by atoms with Gasteiger partial charge in [0.2, 0.25) is 0 Å². The lowest BCUT2D eigenvalue weighted by atomic mass is 9.54. The summed E-state index contributed by atoms with van der Waals surface area (Å²) >= 11 is 0. The molecular weight excluding hydrogens is 154 g/mol. The molecule has 0 saturated carbocycles. The minimum absolute atomic E-state index is 0.233. The van der Waals surface area contributed by atoms with Gasteiger partial charge in [-0.1, -0.05) is 25.1 Å². The van der Waals surface area contributed by atoms with Crippen molar-refractivity contribution < 1.29 is 12.9 Å². The van der Waals surface area contributed by atoms with Crippen LogP contribution in [0.4, 0.5) is 12.9 Å². The highest BCUT2D eigenvalue weighted by Crippen LogP contribution is 2.47. The van der Waals surface area contributed by atoms with Crippen molar-refractivity contribution in [3.05, 3.63) is 0 Å². The average Bonchev–Trinajstić information content (AvgIpc) is 1.87. The third-order valence-corrected chi connectivity index (χ3v) is 2.54. The molecule has 1 aliphatic heterocycles. The lowest BCUT2D eigenvalue weighted by Crippen LogP contribution is -2.42. The van der Waals surface area contributed by atoms with Crippen LogP contribution in [0.25, 0.3) is 0 Å². The van der Waals surface area contributed by atoms with E-state index in [1.165, 1.54) is 6.92 Å². The van der Waals surface area contributed by atoms with Gasteiger partial charge in [0.15, 0.2) is 0 Å². The van der Waals surface area contributed by atoms with Crippen LogP contribution in [0.15, 0.2) is 0 Å². The minimum Gasteiger partial charge on any atom is -0.449 e. The van der Waals surface area contributed by atoms with Gasteiger partial charge in [0.1, 0.15) is 0 Å². The van der Waals surface area contributed by atoms with Gasteiger partial charge in [-0.25, -0.2) is 0 Å². The van der Waals surface area contributed by atoms with Gasteiger partial charge in [-0.2, -0.15) is 0 Å². The van der Waals surface area contributed by atoms with E-state index in [0.29, 0.717) is 13.1 Å². The highest BCUT2D eigenvalue weighted by molar-refractivity contribution is 6.62. The van der Waals surface area contributed by atoms with Gasteiger partial charge in [-0.3, -0.25) is 0 Å². The van der Waals surface area contributed by atoms with Gasteiger partial charge in [-0.05, 0) is 13.1 Å². The Morgan fingerprint density at radius 2 is 1.64 bits per heavy atom. The number of hydrogen-bond donors (Lipinski definition) is 1. The van der Waals surface area contributed by atoms with Crippen molar-refractivity contribution in [2.24, 2.45) is 0 Å². The second kappa shape index (κ2) is 2.70. The summed E-state index contributed by atoms with van der Waals surface area (Å²) in [5.41, 5.74) is 0. The van der Waals surface area contributed by atoms with Gasteiger partial charge < -0.3 is 18.3 Å². The molecular formula is C6H12BF3N-. The number of rotatable bonds is 1. The summed E-state index contributed by atoms with van der Waals surface area (Å²) in [5.74, 6) is 0. The second-order valence-corrected chi connectivity index (χ2v) is 3.48. The summed E-state index contributed by atoms with van der Waals surface area (Å²) in [5, 5.41) is 1.54. The molecule has 1 aliphatic rings. The zero-order valence-corrected chi connectivity index (χ0v) is 6.54. The van der Waals surface area contributed by atoms with Crippen molar-refractivity contribution >= 4 is 6.98 Å². The van der Waals surface area contributed by atoms with Crippen LogP contribution in [-0.4, -0.2) is 20.1 Å². The molecule has 0 aromatic carbocycles. The number of halogens is 3. The standard InChI is InChI=1S/C6H12BF3N/c1-6(7(8,9)10)2-4-11-5-3-6/h11H,2-5H2,1H3/q-1. The smallest absolute Gasteiger partial charge is 0.449 e. The van der Waals surface area contributed by atoms with Gasteiger partial charge in [0.05, 0.1) is 0 Å². The first-order valence-electron chi connectivity index (χ1n) is 3.86. The summed E-state index contributed by atoms with van der Waals surface area (Å²) in [6, 6.07) is 0. The van der Waals surface area contributed by atoms with E-state index in [1.807, 2.05) is 0 Å². The maximum atomic E-state index is 12.4. The summed E-state index contributed by atoms with van der Waals surface area (Å²) < 4.78 is 37.1. The van der Waals surface area contributed by atoms with Crippen molar-refractivity contribution in [1.82, 2.24) is 5.32 Å². The molecule has 0 bridgehead atoms. The van der Waals surface area contributed by atoms with E-state index < -0.39 is 12.3 Å². The molecule has 0 aliphatic carbocycles. The molecule has 1 rings (SSSR count). The Bertz CT molecular complexity index is 139. The molecule has 5 heteroatoms. The number of hydrogen-bond acceptors (Lipinski definition) is 1.